The summed E-state index contributed by atoms with van der Waals surface area (Å²) in [6, 6.07) is 10.3. The van der Waals surface area contributed by atoms with Crippen LogP contribution in [0.15, 0.2) is 42.1 Å². The number of hydrazine groups is 1. The van der Waals surface area contributed by atoms with Crippen LogP contribution in [0.4, 0.5) is 5.69 Å². The fraction of sp³-hybridized carbons (Fsp3) is 0.333. The van der Waals surface area contributed by atoms with E-state index >= 15 is 0 Å². The van der Waals surface area contributed by atoms with E-state index in [0.29, 0.717) is 0 Å². The Morgan fingerprint density at radius 1 is 1.13 bits per heavy atom. The Hall–Kier alpha value is -1.48. The van der Waals surface area contributed by atoms with Gasteiger partial charge >= 0.3 is 0 Å². The first-order chi connectivity index (χ1) is 7.18. The molecule has 1 aromatic carbocycles. The van der Waals surface area contributed by atoms with E-state index in [1.807, 2.05) is 18.2 Å². The second kappa shape index (κ2) is 3.95. The van der Waals surface area contributed by atoms with Crippen LogP contribution in [0.1, 0.15) is 6.92 Å². The number of nitrogens with one attached hydrogen (secondary N) is 1. The first-order valence-corrected chi connectivity index (χ1v) is 5.15. The number of nitrogens with zero attached hydrogens (tertiary/aromatic N) is 2. The maximum Gasteiger partial charge on any atom is 0.118 e. The summed E-state index contributed by atoms with van der Waals surface area (Å²) in [5.74, 6) is 0. The van der Waals surface area contributed by atoms with E-state index in [2.05, 4.69) is 54.6 Å². The van der Waals surface area contributed by atoms with Crippen molar-refractivity contribution in [3.05, 3.63) is 42.1 Å². The lowest BCUT2D eigenvalue weighted by atomic mass is 10.3. The molecule has 0 saturated carbocycles. The highest BCUT2D eigenvalue weighted by Gasteiger charge is 2.23. The molecular weight excluding hydrogens is 186 g/mol. The molecule has 1 aliphatic rings. The lowest BCUT2D eigenvalue weighted by molar-refractivity contribution is 0.0724. The van der Waals surface area contributed by atoms with Crippen molar-refractivity contribution in [2.45, 2.75) is 13.1 Å². The molecule has 80 valence electrons. The number of anilines is 1. The van der Waals surface area contributed by atoms with Crippen molar-refractivity contribution in [1.29, 1.82) is 0 Å². The Bertz CT molecular complexity index is 358. The summed E-state index contributed by atoms with van der Waals surface area (Å²) < 4.78 is 0. The van der Waals surface area contributed by atoms with Crippen molar-refractivity contribution in [3.63, 3.8) is 0 Å². The van der Waals surface area contributed by atoms with Gasteiger partial charge in [-0.05, 0) is 25.1 Å². The maximum absolute atomic E-state index is 3.46. The first kappa shape index (κ1) is 10.1. The third-order valence-corrected chi connectivity index (χ3v) is 2.87. The van der Waals surface area contributed by atoms with Crippen molar-refractivity contribution in [2.24, 2.45) is 0 Å². The summed E-state index contributed by atoms with van der Waals surface area (Å²) in [6.07, 6.45) is 2.46. The molecule has 0 radical (unpaired) electrons. The fourth-order valence-electron chi connectivity index (χ4n) is 1.72. The summed E-state index contributed by atoms with van der Waals surface area (Å²) in [7, 11) is 4.14. The van der Waals surface area contributed by atoms with Crippen LogP contribution < -0.4 is 5.32 Å². The third kappa shape index (κ3) is 1.97. The van der Waals surface area contributed by atoms with Crippen molar-refractivity contribution < 1.29 is 0 Å². The second-order valence-electron chi connectivity index (χ2n) is 3.86. The number of allylic oxidation sites excluding steroid dienone is 1. The highest BCUT2D eigenvalue weighted by Crippen LogP contribution is 2.19. The fourth-order valence-corrected chi connectivity index (χ4v) is 1.72. The molecule has 0 aromatic heterocycles. The van der Waals surface area contributed by atoms with Gasteiger partial charge in [0.15, 0.2) is 0 Å². The third-order valence-electron chi connectivity index (χ3n) is 2.87. The van der Waals surface area contributed by atoms with Gasteiger partial charge in [-0.2, -0.15) is 5.01 Å². The smallest absolute Gasteiger partial charge is 0.118 e. The molecule has 1 aromatic rings. The number of benzene rings is 1. The SMILES string of the molecule is CC1=CC(Nc2ccccc2)N(C)N1C. The summed E-state index contributed by atoms with van der Waals surface area (Å²) in [6.45, 7) is 2.11. The van der Waals surface area contributed by atoms with Gasteiger partial charge in [-0.25, -0.2) is 0 Å². The summed E-state index contributed by atoms with van der Waals surface area (Å²) in [5, 5.41) is 7.77. The molecule has 2 rings (SSSR count). The van der Waals surface area contributed by atoms with Crippen LogP contribution in [-0.2, 0) is 0 Å². The molecule has 15 heavy (non-hydrogen) atoms. The van der Waals surface area contributed by atoms with Crippen LogP contribution in [-0.4, -0.2) is 30.3 Å². The molecule has 1 aliphatic heterocycles. The molecule has 0 fully saturated rings. The minimum atomic E-state index is 0.248. The molecule has 0 saturated heterocycles. The Kier molecular flexibility index (Phi) is 2.64. The number of hydrogen-bond donors (Lipinski definition) is 1. The van der Waals surface area contributed by atoms with E-state index in [9.17, 15) is 0 Å². The van der Waals surface area contributed by atoms with Crippen molar-refractivity contribution in [3.8, 4) is 0 Å². The highest BCUT2D eigenvalue weighted by molar-refractivity contribution is 5.44. The Balaban J connectivity index is 2.08. The molecule has 0 amide bonds. The highest BCUT2D eigenvalue weighted by atomic mass is 15.7. The molecule has 0 spiro atoms. The van der Waals surface area contributed by atoms with Crippen LogP contribution in [0.25, 0.3) is 0 Å². The molecule has 0 bridgehead atoms. The summed E-state index contributed by atoms with van der Waals surface area (Å²) in [4.78, 5) is 0. The molecule has 1 heterocycles. The van der Waals surface area contributed by atoms with E-state index in [4.69, 9.17) is 0 Å². The Morgan fingerprint density at radius 2 is 1.80 bits per heavy atom. The van der Waals surface area contributed by atoms with Gasteiger partial charge in [-0.1, -0.05) is 18.2 Å². The quantitative estimate of drug-likeness (QED) is 0.794. The van der Waals surface area contributed by atoms with Crippen LogP contribution in [0.5, 0.6) is 0 Å². The number of rotatable bonds is 2. The number of para-hydroxylation sites is 1. The van der Waals surface area contributed by atoms with E-state index in [1.54, 1.807) is 0 Å². The van der Waals surface area contributed by atoms with E-state index < -0.39 is 0 Å². The zero-order valence-corrected chi connectivity index (χ0v) is 9.44. The zero-order valence-electron chi connectivity index (χ0n) is 9.44. The minimum absolute atomic E-state index is 0.248. The lowest BCUT2D eigenvalue weighted by Gasteiger charge is -2.28. The number of hydrogen-bond acceptors (Lipinski definition) is 3. The Morgan fingerprint density at radius 3 is 2.33 bits per heavy atom. The molecule has 3 heteroatoms. The zero-order chi connectivity index (χ0) is 10.8. The predicted octanol–water partition coefficient (Wildman–Crippen LogP) is 2.12. The van der Waals surface area contributed by atoms with Gasteiger partial charge in [0.2, 0.25) is 0 Å². The van der Waals surface area contributed by atoms with Gasteiger partial charge in [0.05, 0.1) is 0 Å². The van der Waals surface area contributed by atoms with Crippen molar-refractivity contribution in [2.75, 3.05) is 19.4 Å². The summed E-state index contributed by atoms with van der Waals surface area (Å²) >= 11 is 0. The van der Waals surface area contributed by atoms with Crippen LogP contribution in [0.2, 0.25) is 0 Å². The maximum atomic E-state index is 3.46. The largest absolute Gasteiger partial charge is 0.365 e. The lowest BCUT2D eigenvalue weighted by Crippen LogP contribution is -2.40. The van der Waals surface area contributed by atoms with Gasteiger partial charge in [0, 0.05) is 25.5 Å². The standard InChI is InChI=1S/C12H17N3/c1-10-9-12(15(3)14(10)2)13-11-7-5-4-6-8-11/h4-9,12-13H,1-3H3. The van der Waals surface area contributed by atoms with E-state index in [-0.39, 0.29) is 6.17 Å². The van der Waals surface area contributed by atoms with E-state index in [0.717, 1.165) is 5.69 Å². The topological polar surface area (TPSA) is 18.5 Å². The average molecular weight is 203 g/mol. The van der Waals surface area contributed by atoms with Crippen LogP contribution in [0.3, 0.4) is 0 Å². The minimum Gasteiger partial charge on any atom is -0.365 e. The van der Waals surface area contributed by atoms with Gasteiger partial charge in [-0.15, -0.1) is 0 Å². The molecular formula is C12H17N3. The predicted molar refractivity (Wildman–Crippen MR) is 63.1 cm³/mol. The molecule has 1 N–H and O–H groups in total. The van der Waals surface area contributed by atoms with Crippen LogP contribution in [0, 0.1) is 0 Å². The molecule has 3 nitrogen and oxygen atoms in total. The monoisotopic (exact) mass is 203 g/mol. The Labute approximate surface area is 91.0 Å². The normalized spacial score (nSPS) is 21.7. The van der Waals surface area contributed by atoms with Gasteiger partial charge in [0.1, 0.15) is 6.17 Å². The summed E-state index contributed by atoms with van der Waals surface area (Å²) in [5.41, 5.74) is 2.42. The van der Waals surface area contributed by atoms with Crippen molar-refractivity contribution >= 4 is 5.69 Å². The number of likely N-dealkylation sites (N-methyl/N-ethyl adjacent to an activating group) is 1. The van der Waals surface area contributed by atoms with Gasteiger partial charge < -0.3 is 10.3 Å². The molecule has 1 atom stereocenters. The molecule has 1 unspecified atom stereocenters. The second-order valence-corrected chi connectivity index (χ2v) is 3.86. The van der Waals surface area contributed by atoms with E-state index in [1.165, 1.54) is 5.70 Å². The average Bonchev–Trinajstić information content (AvgIpc) is 2.48. The molecule has 0 aliphatic carbocycles. The van der Waals surface area contributed by atoms with Crippen molar-refractivity contribution in [1.82, 2.24) is 10.0 Å². The van der Waals surface area contributed by atoms with Crippen LogP contribution >= 0.6 is 0 Å². The van der Waals surface area contributed by atoms with Gasteiger partial charge in [0.25, 0.3) is 0 Å². The van der Waals surface area contributed by atoms with Gasteiger partial charge in [-0.3, -0.25) is 0 Å². The first-order valence-electron chi connectivity index (χ1n) is 5.15.